The Hall–Kier alpha value is -0.0400. The summed E-state index contributed by atoms with van der Waals surface area (Å²) in [4.78, 5) is 0. The second-order valence-electron chi connectivity index (χ2n) is 4.81. The highest BCUT2D eigenvalue weighted by atomic mass is 14.7. The zero-order valence-corrected chi connectivity index (χ0v) is 8.13. The molecule has 4 atom stereocenters. The SMILES string of the molecule is CC1C(N)CCC2CCCCC21. The van der Waals surface area contributed by atoms with Crippen molar-refractivity contribution in [2.75, 3.05) is 0 Å². The Morgan fingerprint density at radius 3 is 2.58 bits per heavy atom. The maximum Gasteiger partial charge on any atom is 0.00673 e. The van der Waals surface area contributed by atoms with Crippen molar-refractivity contribution in [2.45, 2.75) is 51.5 Å². The molecule has 0 heterocycles. The van der Waals surface area contributed by atoms with Crippen molar-refractivity contribution < 1.29 is 0 Å². The average molecular weight is 167 g/mol. The lowest BCUT2D eigenvalue weighted by Gasteiger charge is -2.43. The molecule has 0 radical (unpaired) electrons. The molecule has 0 aromatic heterocycles. The molecule has 0 amide bonds. The summed E-state index contributed by atoms with van der Waals surface area (Å²) in [5.74, 6) is 2.81. The molecule has 0 bridgehead atoms. The molecule has 0 aromatic rings. The monoisotopic (exact) mass is 167 g/mol. The summed E-state index contributed by atoms with van der Waals surface area (Å²) in [6.45, 7) is 2.37. The van der Waals surface area contributed by atoms with Crippen LogP contribution in [-0.2, 0) is 0 Å². The lowest BCUT2D eigenvalue weighted by Crippen LogP contribution is -2.42. The summed E-state index contributed by atoms with van der Waals surface area (Å²) in [5, 5.41) is 0. The molecule has 0 spiro atoms. The van der Waals surface area contributed by atoms with E-state index in [1.165, 1.54) is 38.5 Å². The molecule has 0 aromatic carbocycles. The zero-order valence-electron chi connectivity index (χ0n) is 8.13. The summed E-state index contributed by atoms with van der Waals surface area (Å²) in [6.07, 6.45) is 8.57. The van der Waals surface area contributed by atoms with E-state index in [-0.39, 0.29) is 0 Å². The van der Waals surface area contributed by atoms with Crippen LogP contribution in [0.4, 0.5) is 0 Å². The van der Waals surface area contributed by atoms with Gasteiger partial charge in [-0.1, -0.05) is 26.2 Å². The Morgan fingerprint density at radius 2 is 1.75 bits per heavy atom. The van der Waals surface area contributed by atoms with Crippen LogP contribution in [0, 0.1) is 17.8 Å². The maximum atomic E-state index is 6.09. The largest absolute Gasteiger partial charge is 0.327 e. The molecule has 2 rings (SSSR count). The smallest absolute Gasteiger partial charge is 0.00673 e. The minimum atomic E-state index is 0.504. The topological polar surface area (TPSA) is 26.0 Å². The maximum absolute atomic E-state index is 6.09. The molecule has 2 N–H and O–H groups in total. The molecular weight excluding hydrogens is 146 g/mol. The van der Waals surface area contributed by atoms with E-state index in [0.29, 0.717) is 6.04 Å². The van der Waals surface area contributed by atoms with Crippen molar-refractivity contribution in [1.82, 2.24) is 0 Å². The van der Waals surface area contributed by atoms with Gasteiger partial charge >= 0.3 is 0 Å². The van der Waals surface area contributed by atoms with Crippen LogP contribution >= 0.6 is 0 Å². The van der Waals surface area contributed by atoms with Crippen LogP contribution in [0.5, 0.6) is 0 Å². The Labute approximate surface area is 75.7 Å². The third-order valence-electron chi connectivity index (χ3n) is 4.19. The molecular formula is C11H21N. The highest BCUT2D eigenvalue weighted by Gasteiger charge is 2.35. The van der Waals surface area contributed by atoms with E-state index in [0.717, 1.165) is 17.8 Å². The van der Waals surface area contributed by atoms with Crippen molar-refractivity contribution >= 4 is 0 Å². The second kappa shape index (κ2) is 3.37. The van der Waals surface area contributed by atoms with E-state index in [4.69, 9.17) is 5.73 Å². The third-order valence-corrected chi connectivity index (χ3v) is 4.19. The fraction of sp³-hybridized carbons (Fsp3) is 1.00. The van der Waals surface area contributed by atoms with E-state index in [1.54, 1.807) is 0 Å². The minimum absolute atomic E-state index is 0.504. The van der Waals surface area contributed by atoms with Gasteiger partial charge in [0.25, 0.3) is 0 Å². The molecule has 2 fully saturated rings. The summed E-state index contributed by atoms with van der Waals surface area (Å²) in [5.41, 5.74) is 6.09. The molecule has 70 valence electrons. The Morgan fingerprint density at radius 1 is 1.00 bits per heavy atom. The highest BCUT2D eigenvalue weighted by molar-refractivity contribution is 4.89. The molecule has 0 aliphatic heterocycles. The second-order valence-corrected chi connectivity index (χ2v) is 4.81. The first-order valence-electron chi connectivity index (χ1n) is 5.54. The van der Waals surface area contributed by atoms with Gasteiger partial charge in [0.2, 0.25) is 0 Å². The van der Waals surface area contributed by atoms with E-state index < -0.39 is 0 Å². The van der Waals surface area contributed by atoms with Gasteiger partial charge in [0.15, 0.2) is 0 Å². The summed E-state index contributed by atoms with van der Waals surface area (Å²) >= 11 is 0. The molecule has 2 aliphatic rings. The third kappa shape index (κ3) is 1.39. The number of rotatable bonds is 0. The Balaban J connectivity index is 2.03. The van der Waals surface area contributed by atoms with E-state index in [9.17, 15) is 0 Å². The van der Waals surface area contributed by atoms with Gasteiger partial charge in [-0.15, -0.1) is 0 Å². The fourth-order valence-electron chi connectivity index (χ4n) is 3.27. The predicted molar refractivity (Wildman–Crippen MR) is 51.8 cm³/mol. The van der Waals surface area contributed by atoms with Gasteiger partial charge in [0.05, 0.1) is 0 Å². The number of nitrogens with two attached hydrogens (primary N) is 1. The van der Waals surface area contributed by atoms with Crippen LogP contribution < -0.4 is 5.73 Å². The van der Waals surface area contributed by atoms with Crippen LogP contribution in [0.3, 0.4) is 0 Å². The highest BCUT2D eigenvalue weighted by Crippen LogP contribution is 2.42. The molecule has 1 heteroatoms. The Bertz CT molecular complexity index is 153. The molecule has 1 nitrogen and oxygen atoms in total. The first-order chi connectivity index (χ1) is 5.79. The number of hydrogen-bond donors (Lipinski definition) is 1. The fourth-order valence-corrected chi connectivity index (χ4v) is 3.27. The van der Waals surface area contributed by atoms with Crippen LogP contribution in [0.15, 0.2) is 0 Å². The van der Waals surface area contributed by atoms with Gasteiger partial charge in [0.1, 0.15) is 0 Å². The molecule has 12 heavy (non-hydrogen) atoms. The van der Waals surface area contributed by atoms with E-state index >= 15 is 0 Å². The molecule has 0 saturated heterocycles. The Kier molecular flexibility index (Phi) is 2.40. The molecule has 2 saturated carbocycles. The lowest BCUT2D eigenvalue weighted by molar-refractivity contribution is 0.0975. The molecule has 2 aliphatic carbocycles. The standard InChI is InChI=1S/C11H21N/c1-8-10-5-3-2-4-9(10)6-7-11(8)12/h8-11H,2-7,12H2,1H3. The van der Waals surface area contributed by atoms with Crippen molar-refractivity contribution in [2.24, 2.45) is 23.5 Å². The quantitative estimate of drug-likeness (QED) is 0.589. The van der Waals surface area contributed by atoms with Crippen molar-refractivity contribution in [3.05, 3.63) is 0 Å². The van der Waals surface area contributed by atoms with Gasteiger partial charge in [-0.3, -0.25) is 0 Å². The van der Waals surface area contributed by atoms with Crippen LogP contribution in [0.2, 0.25) is 0 Å². The van der Waals surface area contributed by atoms with Crippen LogP contribution in [-0.4, -0.2) is 6.04 Å². The summed E-state index contributed by atoms with van der Waals surface area (Å²) in [6, 6.07) is 0.504. The first kappa shape index (κ1) is 8.55. The van der Waals surface area contributed by atoms with Crippen molar-refractivity contribution in [3.63, 3.8) is 0 Å². The predicted octanol–water partition coefficient (Wildman–Crippen LogP) is 2.55. The zero-order chi connectivity index (χ0) is 8.55. The van der Waals surface area contributed by atoms with Gasteiger partial charge in [-0.2, -0.15) is 0 Å². The van der Waals surface area contributed by atoms with Gasteiger partial charge in [-0.25, -0.2) is 0 Å². The minimum Gasteiger partial charge on any atom is -0.327 e. The average Bonchev–Trinajstić information content (AvgIpc) is 2.12. The van der Waals surface area contributed by atoms with Gasteiger partial charge in [0, 0.05) is 6.04 Å². The lowest BCUT2D eigenvalue weighted by atomic mass is 9.64. The normalized spacial score (nSPS) is 48.5. The van der Waals surface area contributed by atoms with E-state index in [1.807, 2.05) is 0 Å². The van der Waals surface area contributed by atoms with Gasteiger partial charge in [-0.05, 0) is 37.0 Å². The first-order valence-corrected chi connectivity index (χ1v) is 5.54. The van der Waals surface area contributed by atoms with Crippen molar-refractivity contribution in [3.8, 4) is 0 Å². The van der Waals surface area contributed by atoms with Crippen LogP contribution in [0.1, 0.15) is 45.4 Å². The van der Waals surface area contributed by atoms with Crippen LogP contribution in [0.25, 0.3) is 0 Å². The molecule has 4 unspecified atom stereocenters. The van der Waals surface area contributed by atoms with Gasteiger partial charge < -0.3 is 5.73 Å². The number of fused-ring (bicyclic) bond motifs is 1. The summed E-state index contributed by atoms with van der Waals surface area (Å²) in [7, 11) is 0. The van der Waals surface area contributed by atoms with Crippen molar-refractivity contribution in [1.29, 1.82) is 0 Å². The van der Waals surface area contributed by atoms with E-state index in [2.05, 4.69) is 6.92 Å². The summed E-state index contributed by atoms with van der Waals surface area (Å²) < 4.78 is 0. The number of hydrogen-bond acceptors (Lipinski definition) is 1.